The molecule has 1 aliphatic carbocycles. The highest BCUT2D eigenvalue weighted by Gasteiger charge is 2.22. The molecule has 0 bridgehead atoms. The molecule has 2 aromatic heterocycles. The van der Waals surface area contributed by atoms with E-state index >= 15 is 0 Å². The summed E-state index contributed by atoms with van der Waals surface area (Å²) in [5.41, 5.74) is 4.35. The number of aryl methyl sites for hydroxylation is 3. The summed E-state index contributed by atoms with van der Waals surface area (Å²) in [7, 11) is 1.66. The molecule has 1 aliphatic rings. The second kappa shape index (κ2) is 10.2. The topological polar surface area (TPSA) is 64.1 Å². The van der Waals surface area contributed by atoms with Crippen LogP contribution < -0.4 is 10.1 Å². The summed E-state index contributed by atoms with van der Waals surface area (Å²) in [5, 5.41) is 5.12. The Morgan fingerprint density at radius 2 is 1.88 bits per heavy atom. The smallest absolute Gasteiger partial charge is 0.234 e. The molecule has 174 valence electrons. The number of rotatable bonds is 7. The van der Waals surface area contributed by atoms with Crippen molar-refractivity contribution >= 4 is 44.9 Å². The standard InChI is InChI=1S/C27H27N3O2S2/c1-3-17-8-4-6-10-21(17)28-23(31)16-33-26-24-20-9-5-7-11-22(20)34-27(24)30-25(29-26)18-12-14-19(32-2)15-13-18/h4,6,8,10,12-15H,3,5,7,9,11,16H2,1-2H3,(H,28,31). The quantitative estimate of drug-likeness (QED) is 0.236. The van der Waals surface area contributed by atoms with Gasteiger partial charge in [-0.1, -0.05) is 36.9 Å². The number of nitrogens with one attached hydrogen (secondary N) is 1. The molecule has 2 heterocycles. The van der Waals surface area contributed by atoms with E-state index in [1.807, 2.05) is 42.5 Å². The molecule has 0 radical (unpaired) electrons. The molecule has 0 atom stereocenters. The Bertz CT molecular complexity index is 1330. The molecule has 0 aliphatic heterocycles. The van der Waals surface area contributed by atoms with Crippen LogP contribution in [0.4, 0.5) is 5.69 Å². The van der Waals surface area contributed by atoms with Crippen LogP contribution in [0.2, 0.25) is 0 Å². The molecule has 0 unspecified atom stereocenters. The van der Waals surface area contributed by atoms with Crippen molar-refractivity contribution in [1.29, 1.82) is 0 Å². The van der Waals surface area contributed by atoms with Crippen molar-refractivity contribution in [2.24, 2.45) is 0 Å². The number of hydrogen-bond acceptors (Lipinski definition) is 6. The van der Waals surface area contributed by atoms with Gasteiger partial charge in [0.25, 0.3) is 0 Å². The third-order valence-corrected chi connectivity index (χ3v) is 8.30. The van der Waals surface area contributed by atoms with Crippen LogP contribution in [-0.4, -0.2) is 28.7 Å². The molecule has 4 aromatic rings. The van der Waals surface area contributed by atoms with Gasteiger partial charge in [0, 0.05) is 21.5 Å². The number of benzene rings is 2. The van der Waals surface area contributed by atoms with E-state index < -0.39 is 0 Å². The number of carbonyl (C=O) groups is 1. The molecule has 5 rings (SSSR count). The van der Waals surface area contributed by atoms with Gasteiger partial charge in [-0.15, -0.1) is 11.3 Å². The van der Waals surface area contributed by atoms with Crippen molar-refractivity contribution in [2.75, 3.05) is 18.2 Å². The lowest BCUT2D eigenvalue weighted by molar-refractivity contribution is -0.113. The van der Waals surface area contributed by atoms with Crippen LogP contribution in [0.15, 0.2) is 53.6 Å². The van der Waals surface area contributed by atoms with Crippen LogP contribution in [0.1, 0.15) is 35.8 Å². The zero-order valence-corrected chi connectivity index (χ0v) is 21.0. The Morgan fingerprint density at radius 3 is 2.68 bits per heavy atom. The average Bonchev–Trinajstić information content (AvgIpc) is 3.26. The number of amides is 1. The van der Waals surface area contributed by atoms with Gasteiger partial charge in [0.15, 0.2) is 5.82 Å². The fraction of sp³-hybridized carbons (Fsp3) is 0.296. The molecular weight excluding hydrogens is 462 g/mol. The first-order valence-electron chi connectivity index (χ1n) is 11.6. The molecule has 0 saturated heterocycles. The largest absolute Gasteiger partial charge is 0.497 e. The predicted octanol–water partition coefficient (Wildman–Crippen LogP) is 6.54. The lowest BCUT2D eigenvalue weighted by Gasteiger charge is -2.13. The Balaban J connectivity index is 1.46. The maximum atomic E-state index is 12.9. The molecule has 0 saturated carbocycles. The Morgan fingerprint density at radius 1 is 1.09 bits per heavy atom. The van der Waals surface area contributed by atoms with Crippen LogP contribution >= 0.6 is 23.1 Å². The van der Waals surface area contributed by atoms with Crippen molar-refractivity contribution in [3.8, 4) is 17.1 Å². The van der Waals surface area contributed by atoms with Gasteiger partial charge in [-0.25, -0.2) is 9.97 Å². The summed E-state index contributed by atoms with van der Waals surface area (Å²) in [4.78, 5) is 25.2. The lowest BCUT2D eigenvalue weighted by atomic mass is 9.97. The lowest BCUT2D eigenvalue weighted by Crippen LogP contribution is -2.15. The summed E-state index contributed by atoms with van der Waals surface area (Å²) >= 11 is 3.29. The van der Waals surface area contributed by atoms with Crippen LogP contribution in [0.3, 0.4) is 0 Å². The van der Waals surface area contributed by atoms with Crippen molar-refractivity contribution in [2.45, 2.75) is 44.1 Å². The van der Waals surface area contributed by atoms with Gasteiger partial charge in [0.2, 0.25) is 5.91 Å². The molecule has 7 heteroatoms. The van der Waals surface area contributed by atoms with E-state index in [2.05, 4.69) is 18.3 Å². The number of fused-ring (bicyclic) bond motifs is 3. The average molecular weight is 490 g/mol. The Labute approximate surface area is 208 Å². The fourth-order valence-corrected chi connectivity index (χ4v) is 6.55. The number of hydrogen-bond donors (Lipinski definition) is 1. The van der Waals surface area contributed by atoms with Crippen molar-refractivity contribution < 1.29 is 9.53 Å². The highest BCUT2D eigenvalue weighted by molar-refractivity contribution is 8.00. The van der Waals surface area contributed by atoms with E-state index in [0.717, 1.165) is 57.1 Å². The first-order chi connectivity index (χ1) is 16.7. The van der Waals surface area contributed by atoms with E-state index in [9.17, 15) is 4.79 Å². The summed E-state index contributed by atoms with van der Waals surface area (Å²) in [5.74, 6) is 1.77. The molecule has 1 N–H and O–H groups in total. The van der Waals surface area contributed by atoms with Crippen LogP contribution in [-0.2, 0) is 24.1 Å². The van der Waals surface area contributed by atoms with Gasteiger partial charge >= 0.3 is 0 Å². The van der Waals surface area contributed by atoms with Crippen molar-refractivity contribution in [3.05, 3.63) is 64.5 Å². The summed E-state index contributed by atoms with van der Waals surface area (Å²) < 4.78 is 5.30. The zero-order chi connectivity index (χ0) is 23.5. The van der Waals surface area contributed by atoms with Gasteiger partial charge in [-0.2, -0.15) is 0 Å². The van der Waals surface area contributed by atoms with Crippen LogP contribution in [0.25, 0.3) is 21.6 Å². The third-order valence-electron chi connectivity index (χ3n) is 6.14. The van der Waals surface area contributed by atoms with E-state index in [1.54, 1.807) is 18.4 Å². The van der Waals surface area contributed by atoms with Crippen LogP contribution in [0, 0.1) is 0 Å². The molecule has 1 amide bonds. The van der Waals surface area contributed by atoms with Crippen molar-refractivity contribution in [1.82, 2.24) is 9.97 Å². The van der Waals surface area contributed by atoms with E-state index in [1.165, 1.54) is 35.0 Å². The normalized spacial score (nSPS) is 13.0. The maximum Gasteiger partial charge on any atom is 0.234 e. The van der Waals surface area contributed by atoms with Gasteiger partial charge in [-0.3, -0.25) is 4.79 Å². The first-order valence-corrected chi connectivity index (χ1v) is 13.4. The van der Waals surface area contributed by atoms with Gasteiger partial charge in [-0.05, 0) is 73.6 Å². The number of anilines is 1. The molecule has 0 fully saturated rings. The summed E-state index contributed by atoms with van der Waals surface area (Å²) in [6, 6.07) is 15.8. The number of methoxy groups -OCH3 is 1. The van der Waals surface area contributed by atoms with Crippen LogP contribution in [0.5, 0.6) is 5.75 Å². The summed E-state index contributed by atoms with van der Waals surface area (Å²) in [6.07, 6.45) is 5.46. The molecule has 34 heavy (non-hydrogen) atoms. The van der Waals surface area contributed by atoms with Gasteiger partial charge in [0.05, 0.1) is 12.9 Å². The van der Waals surface area contributed by atoms with Gasteiger partial charge in [0.1, 0.15) is 15.6 Å². The highest BCUT2D eigenvalue weighted by atomic mass is 32.2. The number of ether oxygens (including phenoxy) is 1. The Kier molecular flexibility index (Phi) is 6.83. The minimum atomic E-state index is -0.0206. The number of aromatic nitrogens is 2. The first kappa shape index (κ1) is 22.9. The summed E-state index contributed by atoms with van der Waals surface area (Å²) in [6.45, 7) is 2.10. The van der Waals surface area contributed by atoms with Gasteiger partial charge < -0.3 is 10.1 Å². The van der Waals surface area contributed by atoms with E-state index in [4.69, 9.17) is 14.7 Å². The Hall–Kier alpha value is -2.90. The number of para-hydroxylation sites is 1. The fourth-order valence-electron chi connectivity index (χ4n) is 4.37. The third kappa shape index (κ3) is 4.68. The highest BCUT2D eigenvalue weighted by Crippen LogP contribution is 2.40. The van der Waals surface area contributed by atoms with E-state index in [-0.39, 0.29) is 5.91 Å². The minimum Gasteiger partial charge on any atom is -0.497 e. The SMILES string of the molecule is CCc1ccccc1NC(=O)CSc1nc(-c2ccc(OC)cc2)nc2sc3c(c12)CCCC3. The molecule has 2 aromatic carbocycles. The number of nitrogens with zero attached hydrogens (tertiary/aromatic N) is 2. The maximum absolute atomic E-state index is 12.9. The second-order valence-corrected chi connectivity index (χ2v) is 10.4. The van der Waals surface area contributed by atoms with Crippen molar-refractivity contribution in [3.63, 3.8) is 0 Å². The second-order valence-electron chi connectivity index (χ2n) is 8.32. The molecular formula is C27H27N3O2S2. The zero-order valence-electron chi connectivity index (χ0n) is 19.4. The van der Waals surface area contributed by atoms with E-state index in [0.29, 0.717) is 11.6 Å². The number of thioether (sulfide) groups is 1. The molecule has 5 nitrogen and oxygen atoms in total. The predicted molar refractivity (Wildman–Crippen MR) is 141 cm³/mol. The monoisotopic (exact) mass is 489 g/mol. The molecule has 0 spiro atoms. The number of thiophene rings is 1. The number of carbonyl (C=O) groups excluding carboxylic acids is 1. The minimum absolute atomic E-state index is 0.0206.